The predicted octanol–water partition coefficient (Wildman–Crippen LogP) is 2.71. The van der Waals surface area contributed by atoms with Crippen LogP contribution in [0.2, 0.25) is 0 Å². The van der Waals surface area contributed by atoms with E-state index in [4.69, 9.17) is 9.47 Å². The van der Waals surface area contributed by atoms with Crippen LogP contribution >= 0.6 is 0 Å². The van der Waals surface area contributed by atoms with Gasteiger partial charge < -0.3 is 24.4 Å². The first-order valence-electron chi connectivity index (χ1n) is 9.76. The number of benzene rings is 2. The number of aliphatic hydroxyl groups is 1. The minimum atomic E-state index is -0.686. The van der Waals surface area contributed by atoms with Crippen LogP contribution in [0.15, 0.2) is 48.0 Å². The van der Waals surface area contributed by atoms with E-state index in [0.29, 0.717) is 30.2 Å². The number of ketones is 1. The average Bonchev–Trinajstić information content (AvgIpc) is 3.29. The molecule has 1 saturated heterocycles. The maximum Gasteiger partial charge on any atom is 0.295 e. The number of aryl methyl sites for hydroxylation is 1. The number of aliphatic hydroxyl groups excluding tert-OH is 1. The molecule has 156 valence electrons. The van der Waals surface area contributed by atoms with Crippen molar-refractivity contribution < 1.29 is 24.2 Å². The highest BCUT2D eigenvalue weighted by Crippen LogP contribution is 2.41. The molecule has 1 atom stereocenters. The van der Waals surface area contributed by atoms with Gasteiger partial charge in [-0.3, -0.25) is 9.59 Å². The van der Waals surface area contributed by atoms with Crippen LogP contribution < -0.4 is 9.47 Å². The van der Waals surface area contributed by atoms with E-state index < -0.39 is 17.7 Å². The number of hydrogen-bond acceptors (Lipinski definition) is 6. The molecule has 0 bridgehead atoms. The lowest BCUT2D eigenvalue weighted by molar-refractivity contribution is -0.140. The van der Waals surface area contributed by atoms with Gasteiger partial charge in [0, 0.05) is 18.7 Å². The number of ether oxygens (including phenoxy) is 2. The second kappa shape index (κ2) is 7.84. The normalized spacial score (nSPS) is 19.7. The number of hydrogen-bond donors (Lipinski definition) is 1. The van der Waals surface area contributed by atoms with Gasteiger partial charge in [0.2, 0.25) is 6.79 Å². The standard InChI is InChI=1S/C23H24N2O5/c1-14-4-6-15(7-5-14)20-19(22(27)23(28)25(20)11-10-24(2)3)21(26)16-8-9-17-18(12-16)30-13-29-17/h4-9,12,20,26H,10-11,13H2,1-3H3. The van der Waals surface area contributed by atoms with E-state index in [9.17, 15) is 14.7 Å². The van der Waals surface area contributed by atoms with Crippen LogP contribution in [0, 0.1) is 6.92 Å². The van der Waals surface area contributed by atoms with Gasteiger partial charge >= 0.3 is 0 Å². The van der Waals surface area contributed by atoms with Gasteiger partial charge in [-0.15, -0.1) is 0 Å². The minimum absolute atomic E-state index is 0.0847. The molecule has 2 heterocycles. The van der Waals surface area contributed by atoms with Crippen molar-refractivity contribution in [2.45, 2.75) is 13.0 Å². The third-order valence-corrected chi connectivity index (χ3v) is 5.37. The number of Topliss-reactive ketones (excluding diaryl/α,β-unsaturated/α-hetero) is 1. The quantitative estimate of drug-likeness (QED) is 0.466. The molecule has 0 aromatic heterocycles. The van der Waals surface area contributed by atoms with Crippen molar-refractivity contribution in [2.24, 2.45) is 0 Å². The number of nitrogens with zero attached hydrogens (tertiary/aromatic N) is 2. The van der Waals surface area contributed by atoms with E-state index >= 15 is 0 Å². The van der Waals surface area contributed by atoms with E-state index in [1.807, 2.05) is 50.2 Å². The molecule has 2 aromatic rings. The summed E-state index contributed by atoms with van der Waals surface area (Å²) in [6.45, 7) is 3.05. The first kappa shape index (κ1) is 20.0. The van der Waals surface area contributed by atoms with Crippen LogP contribution in [0.3, 0.4) is 0 Å². The van der Waals surface area contributed by atoms with E-state index in [2.05, 4.69) is 0 Å². The smallest absolute Gasteiger partial charge is 0.295 e. The Hall–Kier alpha value is -3.32. The third kappa shape index (κ3) is 3.52. The zero-order valence-electron chi connectivity index (χ0n) is 17.2. The van der Waals surface area contributed by atoms with Crippen molar-refractivity contribution >= 4 is 17.4 Å². The Morgan fingerprint density at radius 2 is 1.80 bits per heavy atom. The second-order valence-electron chi connectivity index (χ2n) is 7.77. The van der Waals surface area contributed by atoms with Gasteiger partial charge in [-0.1, -0.05) is 29.8 Å². The predicted molar refractivity (Wildman–Crippen MR) is 111 cm³/mol. The van der Waals surface area contributed by atoms with Crippen molar-refractivity contribution in [2.75, 3.05) is 34.0 Å². The van der Waals surface area contributed by atoms with Crippen LogP contribution in [0.25, 0.3) is 5.76 Å². The molecule has 2 aliphatic heterocycles. The van der Waals surface area contributed by atoms with Gasteiger partial charge in [0.05, 0.1) is 11.6 Å². The molecule has 1 fully saturated rings. The number of carbonyl (C=O) groups excluding carboxylic acids is 2. The Kier molecular flexibility index (Phi) is 5.22. The number of rotatable bonds is 5. The van der Waals surface area contributed by atoms with E-state index in [0.717, 1.165) is 11.1 Å². The third-order valence-electron chi connectivity index (χ3n) is 5.37. The topological polar surface area (TPSA) is 79.3 Å². The van der Waals surface area contributed by atoms with Crippen LogP contribution in [-0.2, 0) is 9.59 Å². The number of likely N-dealkylation sites (tertiary alicyclic amines) is 1. The van der Waals surface area contributed by atoms with Crippen LogP contribution in [-0.4, -0.2) is 60.6 Å². The van der Waals surface area contributed by atoms with Crippen molar-refractivity contribution in [3.05, 3.63) is 64.7 Å². The van der Waals surface area contributed by atoms with Crippen molar-refractivity contribution in [3.63, 3.8) is 0 Å². The van der Waals surface area contributed by atoms with Crippen molar-refractivity contribution in [1.29, 1.82) is 0 Å². The highest BCUT2D eigenvalue weighted by Gasteiger charge is 2.45. The molecule has 7 nitrogen and oxygen atoms in total. The first-order chi connectivity index (χ1) is 14.4. The van der Waals surface area contributed by atoms with Crippen molar-refractivity contribution in [1.82, 2.24) is 9.80 Å². The molecule has 4 rings (SSSR count). The van der Waals surface area contributed by atoms with Gasteiger partial charge in [0.15, 0.2) is 11.5 Å². The summed E-state index contributed by atoms with van der Waals surface area (Å²) in [6.07, 6.45) is 0. The Morgan fingerprint density at radius 3 is 2.50 bits per heavy atom. The van der Waals surface area contributed by atoms with Gasteiger partial charge in [0.1, 0.15) is 5.76 Å². The molecule has 0 radical (unpaired) electrons. The van der Waals surface area contributed by atoms with E-state index in [-0.39, 0.29) is 18.1 Å². The molecule has 0 aliphatic carbocycles. The Bertz CT molecular complexity index is 1030. The SMILES string of the molecule is Cc1ccc(C2C(=C(O)c3ccc4c(c3)OCO4)C(=O)C(=O)N2CCN(C)C)cc1. The maximum absolute atomic E-state index is 13.0. The maximum atomic E-state index is 13.0. The fourth-order valence-corrected chi connectivity index (χ4v) is 3.71. The second-order valence-corrected chi connectivity index (χ2v) is 7.77. The molecule has 0 saturated carbocycles. The van der Waals surface area contributed by atoms with Gasteiger partial charge in [0.25, 0.3) is 11.7 Å². The molecule has 1 amide bonds. The highest BCUT2D eigenvalue weighted by molar-refractivity contribution is 6.46. The Balaban J connectivity index is 1.82. The molecule has 1 N–H and O–H groups in total. The molecule has 30 heavy (non-hydrogen) atoms. The van der Waals surface area contributed by atoms with Gasteiger partial charge in [-0.2, -0.15) is 0 Å². The lowest BCUT2D eigenvalue weighted by Gasteiger charge is -2.26. The van der Waals surface area contributed by atoms with Gasteiger partial charge in [-0.05, 0) is 44.8 Å². The fourth-order valence-electron chi connectivity index (χ4n) is 3.71. The summed E-state index contributed by atoms with van der Waals surface area (Å²) in [5.41, 5.74) is 2.34. The molecule has 0 spiro atoms. The fraction of sp³-hybridized carbons (Fsp3) is 0.304. The monoisotopic (exact) mass is 408 g/mol. The zero-order chi connectivity index (χ0) is 21.4. The van der Waals surface area contributed by atoms with Crippen LogP contribution in [0.4, 0.5) is 0 Å². The lowest BCUT2D eigenvalue weighted by Crippen LogP contribution is -2.35. The summed E-state index contributed by atoms with van der Waals surface area (Å²) in [4.78, 5) is 29.3. The Morgan fingerprint density at radius 1 is 1.10 bits per heavy atom. The highest BCUT2D eigenvalue weighted by atomic mass is 16.7. The lowest BCUT2D eigenvalue weighted by atomic mass is 9.94. The average molecular weight is 408 g/mol. The number of likely N-dealkylation sites (N-methyl/N-ethyl adjacent to an activating group) is 1. The van der Waals surface area contributed by atoms with Gasteiger partial charge in [-0.25, -0.2) is 0 Å². The minimum Gasteiger partial charge on any atom is -0.507 e. The summed E-state index contributed by atoms with van der Waals surface area (Å²) in [6, 6.07) is 11.9. The molecule has 2 aromatic carbocycles. The van der Waals surface area contributed by atoms with Crippen molar-refractivity contribution in [3.8, 4) is 11.5 Å². The molecular formula is C23H24N2O5. The van der Waals surface area contributed by atoms with E-state index in [1.54, 1.807) is 18.2 Å². The molecular weight excluding hydrogens is 384 g/mol. The van der Waals surface area contributed by atoms with E-state index in [1.165, 1.54) is 4.90 Å². The Labute approximate surface area is 175 Å². The largest absolute Gasteiger partial charge is 0.507 e. The zero-order valence-corrected chi connectivity index (χ0v) is 17.2. The summed E-state index contributed by atoms with van der Waals surface area (Å²) in [5.74, 6) is -0.440. The number of amides is 1. The number of carbonyl (C=O) groups is 2. The summed E-state index contributed by atoms with van der Waals surface area (Å²) in [5, 5.41) is 11.1. The number of fused-ring (bicyclic) bond motifs is 1. The summed E-state index contributed by atoms with van der Waals surface area (Å²) in [7, 11) is 3.81. The molecule has 1 unspecified atom stereocenters. The molecule has 2 aliphatic rings. The van der Waals surface area contributed by atoms with Crippen LogP contribution in [0.5, 0.6) is 11.5 Å². The summed E-state index contributed by atoms with van der Waals surface area (Å²) < 4.78 is 10.7. The summed E-state index contributed by atoms with van der Waals surface area (Å²) >= 11 is 0. The first-order valence-corrected chi connectivity index (χ1v) is 9.76. The van der Waals surface area contributed by atoms with Crippen LogP contribution in [0.1, 0.15) is 22.7 Å². The molecule has 7 heteroatoms.